The molecule has 0 amide bonds. The molecule has 0 heterocycles. The quantitative estimate of drug-likeness (QED) is 0.844. The third kappa shape index (κ3) is 3.10. The highest BCUT2D eigenvalue weighted by molar-refractivity contribution is 9.10. The Morgan fingerprint density at radius 1 is 1.08 bits per heavy atom. The largest absolute Gasteiger partial charge is 0.396 e. The molecule has 72 valence electrons. The van der Waals surface area contributed by atoms with E-state index in [0.29, 0.717) is 12.8 Å². The van der Waals surface area contributed by atoms with Crippen LogP contribution in [0.2, 0.25) is 0 Å². The number of aliphatic hydroxyl groups is 2. The summed E-state index contributed by atoms with van der Waals surface area (Å²) in [5.41, 5.74) is 2.21. The minimum Gasteiger partial charge on any atom is -0.396 e. The van der Waals surface area contributed by atoms with E-state index >= 15 is 0 Å². The minimum absolute atomic E-state index is 0.165. The molecule has 0 saturated heterocycles. The lowest BCUT2D eigenvalue weighted by Gasteiger charge is -2.04. The van der Waals surface area contributed by atoms with E-state index in [1.165, 1.54) is 0 Å². The van der Waals surface area contributed by atoms with Gasteiger partial charge in [0.2, 0.25) is 0 Å². The lowest BCUT2D eigenvalue weighted by atomic mass is 10.1. The van der Waals surface area contributed by atoms with Gasteiger partial charge in [0.05, 0.1) is 0 Å². The molecule has 0 atom stereocenters. The van der Waals surface area contributed by atoms with Gasteiger partial charge in [-0.15, -0.1) is 0 Å². The van der Waals surface area contributed by atoms with Crippen LogP contribution in [0.3, 0.4) is 0 Å². The third-order valence-electron chi connectivity index (χ3n) is 1.90. The molecular formula is C10H13BrO2. The second-order valence-electron chi connectivity index (χ2n) is 2.87. The number of halogens is 1. The SMILES string of the molecule is OCCc1ccc(CCO)c(Br)c1. The fraction of sp³-hybridized carbons (Fsp3) is 0.400. The van der Waals surface area contributed by atoms with Crippen LogP contribution in [-0.4, -0.2) is 23.4 Å². The van der Waals surface area contributed by atoms with E-state index in [4.69, 9.17) is 10.2 Å². The van der Waals surface area contributed by atoms with Crippen molar-refractivity contribution in [1.82, 2.24) is 0 Å². The monoisotopic (exact) mass is 244 g/mol. The average molecular weight is 245 g/mol. The molecule has 3 heteroatoms. The Labute approximate surface area is 86.3 Å². The molecule has 2 nitrogen and oxygen atoms in total. The zero-order valence-corrected chi connectivity index (χ0v) is 8.92. The average Bonchev–Trinajstić information content (AvgIpc) is 2.10. The molecule has 0 aromatic heterocycles. The van der Waals surface area contributed by atoms with Gasteiger partial charge >= 0.3 is 0 Å². The molecular weight excluding hydrogens is 232 g/mol. The molecule has 0 unspecified atom stereocenters. The molecule has 1 aromatic carbocycles. The van der Waals surface area contributed by atoms with Gasteiger partial charge in [0.1, 0.15) is 0 Å². The zero-order valence-electron chi connectivity index (χ0n) is 7.33. The maximum absolute atomic E-state index is 8.76. The second-order valence-corrected chi connectivity index (χ2v) is 3.73. The Kier molecular flexibility index (Phi) is 4.42. The highest BCUT2D eigenvalue weighted by Crippen LogP contribution is 2.19. The van der Waals surface area contributed by atoms with E-state index in [9.17, 15) is 0 Å². The van der Waals surface area contributed by atoms with Crippen LogP contribution in [0, 0.1) is 0 Å². The van der Waals surface area contributed by atoms with E-state index in [2.05, 4.69) is 15.9 Å². The molecule has 1 rings (SSSR count). The Hall–Kier alpha value is -0.380. The van der Waals surface area contributed by atoms with Crippen molar-refractivity contribution in [1.29, 1.82) is 0 Å². The summed E-state index contributed by atoms with van der Waals surface area (Å²) in [6, 6.07) is 5.94. The highest BCUT2D eigenvalue weighted by Gasteiger charge is 2.00. The molecule has 0 saturated carbocycles. The third-order valence-corrected chi connectivity index (χ3v) is 2.64. The fourth-order valence-corrected chi connectivity index (χ4v) is 1.82. The Bertz CT molecular complexity index is 274. The van der Waals surface area contributed by atoms with Gasteiger partial charge < -0.3 is 10.2 Å². The first-order chi connectivity index (χ1) is 6.27. The first-order valence-corrected chi connectivity index (χ1v) is 5.06. The lowest BCUT2D eigenvalue weighted by Crippen LogP contribution is -1.95. The molecule has 2 N–H and O–H groups in total. The molecule has 0 aliphatic heterocycles. The molecule has 0 spiro atoms. The van der Waals surface area contributed by atoms with Gasteiger partial charge in [-0.1, -0.05) is 28.1 Å². The van der Waals surface area contributed by atoms with Gasteiger partial charge in [0.25, 0.3) is 0 Å². The van der Waals surface area contributed by atoms with Crippen LogP contribution >= 0.6 is 15.9 Å². The summed E-state index contributed by atoms with van der Waals surface area (Å²) in [6.45, 7) is 0.337. The summed E-state index contributed by atoms with van der Waals surface area (Å²) in [6.07, 6.45) is 1.35. The van der Waals surface area contributed by atoms with Crippen molar-refractivity contribution in [2.24, 2.45) is 0 Å². The van der Waals surface area contributed by atoms with Crippen LogP contribution in [0.1, 0.15) is 11.1 Å². The molecule has 0 fully saturated rings. The number of benzene rings is 1. The minimum atomic E-state index is 0.165. The topological polar surface area (TPSA) is 40.5 Å². The molecule has 1 aromatic rings. The number of hydrogen-bond donors (Lipinski definition) is 2. The van der Waals surface area contributed by atoms with Crippen molar-refractivity contribution in [3.8, 4) is 0 Å². The summed E-state index contributed by atoms with van der Waals surface area (Å²) >= 11 is 3.43. The standard InChI is InChI=1S/C10H13BrO2/c11-10-7-8(3-5-12)1-2-9(10)4-6-13/h1-2,7,12-13H,3-6H2. The Balaban J connectivity index is 2.79. The van der Waals surface area contributed by atoms with Crippen LogP contribution in [-0.2, 0) is 12.8 Å². The van der Waals surface area contributed by atoms with Crippen LogP contribution in [0.15, 0.2) is 22.7 Å². The number of hydrogen-bond acceptors (Lipinski definition) is 2. The van der Waals surface area contributed by atoms with Gasteiger partial charge in [0.15, 0.2) is 0 Å². The van der Waals surface area contributed by atoms with Crippen LogP contribution in [0.25, 0.3) is 0 Å². The molecule has 0 bridgehead atoms. The van der Waals surface area contributed by atoms with Gasteiger partial charge in [-0.05, 0) is 30.0 Å². The van der Waals surface area contributed by atoms with E-state index in [1.54, 1.807) is 0 Å². The van der Waals surface area contributed by atoms with E-state index in [-0.39, 0.29) is 13.2 Å². The van der Waals surface area contributed by atoms with Gasteiger partial charge in [-0.2, -0.15) is 0 Å². The van der Waals surface area contributed by atoms with Crippen molar-refractivity contribution in [3.05, 3.63) is 33.8 Å². The molecule has 13 heavy (non-hydrogen) atoms. The number of aliphatic hydroxyl groups excluding tert-OH is 2. The lowest BCUT2D eigenvalue weighted by molar-refractivity contribution is 0.298. The summed E-state index contributed by atoms with van der Waals surface area (Å²) < 4.78 is 1.01. The van der Waals surface area contributed by atoms with Gasteiger partial charge in [0, 0.05) is 17.7 Å². The van der Waals surface area contributed by atoms with Crippen molar-refractivity contribution >= 4 is 15.9 Å². The van der Waals surface area contributed by atoms with Gasteiger partial charge in [-0.25, -0.2) is 0 Å². The second kappa shape index (κ2) is 5.37. The number of rotatable bonds is 4. The molecule has 0 aliphatic carbocycles. The maximum atomic E-state index is 8.76. The molecule has 0 radical (unpaired) electrons. The summed E-state index contributed by atoms with van der Waals surface area (Å²) in [4.78, 5) is 0. The zero-order chi connectivity index (χ0) is 9.68. The fourth-order valence-electron chi connectivity index (χ4n) is 1.20. The van der Waals surface area contributed by atoms with Crippen molar-refractivity contribution in [2.45, 2.75) is 12.8 Å². The maximum Gasteiger partial charge on any atom is 0.0471 e. The Morgan fingerprint density at radius 3 is 2.31 bits per heavy atom. The van der Waals surface area contributed by atoms with Crippen molar-refractivity contribution in [3.63, 3.8) is 0 Å². The van der Waals surface area contributed by atoms with Crippen molar-refractivity contribution in [2.75, 3.05) is 13.2 Å². The van der Waals surface area contributed by atoms with Gasteiger partial charge in [-0.3, -0.25) is 0 Å². The predicted octanol–water partition coefficient (Wildman–Crippen LogP) is 1.52. The summed E-state index contributed by atoms with van der Waals surface area (Å²) in [7, 11) is 0. The smallest absolute Gasteiger partial charge is 0.0471 e. The van der Waals surface area contributed by atoms with Crippen LogP contribution in [0.5, 0.6) is 0 Å². The first-order valence-electron chi connectivity index (χ1n) is 4.27. The highest BCUT2D eigenvalue weighted by atomic mass is 79.9. The van der Waals surface area contributed by atoms with Crippen molar-refractivity contribution < 1.29 is 10.2 Å². The predicted molar refractivity (Wildman–Crippen MR) is 55.7 cm³/mol. The van der Waals surface area contributed by atoms with E-state index < -0.39 is 0 Å². The van der Waals surface area contributed by atoms with Crippen LogP contribution in [0.4, 0.5) is 0 Å². The molecule has 0 aliphatic rings. The van der Waals surface area contributed by atoms with E-state index in [1.807, 2.05) is 18.2 Å². The summed E-state index contributed by atoms with van der Waals surface area (Å²) in [5, 5.41) is 17.5. The normalized spacial score (nSPS) is 10.4. The van der Waals surface area contributed by atoms with E-state index in [0.717, 1.165) is 15.6 Å². The Morgan fingerprint density at radius 2 is 1.77 bits per heavy atom. The summed E-state index contributed by atoms with van der Waals surface area (Å²) in [5.74, 6) is 0. The first kappa shape index (κ1) is 10.7. The van der Waals surface area contributed by atoms with Crippen LogP contribution < -0.4 is 0 Å².